The highest BCUT2D eigenvalue weighted by molar-refractivity contribution is 7.91. The fourth-order valence-electron chi connectivity index (χ4n) is 4.00. The number of rotatable bonds is 6. The van der Waals surface area contributed by atoms with Gasteiger partial charge >= 0.3 is 5.97 Å². The van der Waals surface area contributed by atoms with Gasteiger partial charge in [0.15, 0.2) is 16.4 Å². The van der Waals surface area contributed by atoms with Crippen LogP contribution in [0.3, 0.4) is 0 Å². The zero-order valence-electron chi connectivity index (χ0n) is 17.1. The Morgan fingerprint density at radius 1 is 1.19 bits per heavy atom. The van der Waals surface area contributed by atoms with Crippen LogP contribution in [0, 0.1) is 13.8 Å². The van der Waals surface area contributed by atoms with Gasteiger partial charge in [-0.3, -0.25) is 4.79 Å². The number of carbonyl (C=O) groups is 2. The monoisotopic (exact) mass is 443 g/mol. The molecule has 0 bridgehead atoms. The van der Waals surface area contributed by atoms with Crippen LogP contribution in [0.4, 0.5) is 0 Å². The summed E-state index contributed by atoms with van der Waals surface area (Å²) < 4.78 is 32.2. The number of para-hydroxylation sites is 1. The summed E-state index contributed by atoms with van der Waals surface area (Å²) in [6, 6.07) is 8.17. The van der Waals surface area contributed by atoms with Gasteiger partial charge in [-0.2, -0.15) is 4.68 Å². The second kappa shape index (κ2) is 8.06. The van der Waals surface area contributed by atoms with E-state index in [1.54, 1.807) is 37.3 Å². The molecule has 31 heavy (non-hydrogen) atoms. The highest BCUT2D eigenvalue weighted by Gasteiger charge is 2.31. The molecule has 162 valence electrons. The standard InChI is InChI=1S/C20H21N5O5S/c1-13-9-17(14(2)25(13)15-7-8-31(28,29)11-15)19(26)10-30-20(27)16-5-3-4-6-18(16)24-12-21-22-23-24/h3-6,9,12,15H,7-8,10-11H2,1-2H3. The number of aromatic nitrogens is 5. The quantitative estimate of drug-likeness (QED) is 0.414. The maximum atomic E-state index is 12.8. The minimum absolute atomic E-state index is 0.0693. The van der Waals surface area contributed by atoms with Crippen molar-refractivity contribution in [2.45, 2.75) is 26.3 Å². The second-order valence-corrected chi connectivity index (χ2v) is 9.71. The van der Waals surface area contributed by atoms with Crippen LogP contribution in [0.25, 0.3) is 5.69 Å². The Hall–Kier alpha value is -3.34. The smallest absolute Gasteiger partial charge is 0.340 e. The van der Waals surface area contributed by atoms with Crippen LogP contribution in [0.5, 0.6) is 0 Å². The van der Waals surface area contributed by atoms with Crippen molar-refractivity contribution in [2.24, 2.45) is 0 Å². The largest absolute Gasteiger partial charge is 0.454 e. The van der Waals surface area contributed by atoms with E-state index in [1.165, 1.54) is 11.0 Å². The van der Waals surface area contributed by atoms with Gasteiger partial charge in [0.05, 0.1) is 22.8 Å². The summed E-state index contributed by atoms with van der Waals surface area (Å²) in [5, 5.41) is 10.9. The van der Waals surface area contributed by atoms with Gasteiger partial charge in [-0.15, -0.1) is 5.10 Å². The Labute approximate surface area is 178 Å². The first-order chi connectivity index (χ1) is 14.8. The molecule has 2 aromatic heterocycles. The average molecular weight is 443 g/mol. The molecule has 0 aliphatic carbocycles. The Balaban J connectivity index is 1.49. The molecule has 3 aromatic rings. The predicted octanol–water partition coefficient (Wildman–Crippen LogP) is 1.48. The molecule has 4 rings (SSSR count). The van der Waals surface area contributed by atoms with Crippen molar-refractivity contribution >= 4 is 21.6 Å². The molecule has 1 aliphatic heterocycles. The molecule has 1 aromatic carbocycles. The van der Waals surface area contributed by atoms with E-state index in [2.05, 4.69) is 15.5 Å². The molecule has 0 amide bonds. The number of sulfone groups is 1. The number of ketones is 1. The van der Waals surface area contributed by atoms with Crippen LogP contribution in [-0.4, -0.2) is 63.1 Å². The Bertz CT molecular complexity index is 1250. The van der Waals surface area contributed by atoms with E-state index in [4.69, 9.17) is 4.74 Å². The van der Waals surface area contributed by atoms with Crippen LogP contribution in [0.15, 0.2) is 36.7 Å². The highest BCUT2D eigenvalue weighted by atomic mass is 32.2. The minimum atomic E-state index is -3.05. The summed E-state index contributed by atoms with van der Waals surface area (Å²) in [5.74, 6) is -0.806. The SMILES string of the molecule is Cc1cc(C(=O)COC(=O)c2ccccc2-n2cnnn2)c(C)n1C1CCS(=O)(=O)C1. The number of ether oxygens (including phenoxy) is 1. The summed E-state index contributed by atoms with van der Waals surface area (Å²) in [6.45, 7) is 3.18. The molecule has 3 heterocycles. The Morgan fingerprint density at radius 2 is 1.97 bits per heavy atom. The van der Waals surface area contributed by atoms with Crippen molar-refractivity contribution in [3.8, 4) is 5.69 Å². The van der Waals surface area contributed by atoms with Gasteiger partial charge in [-0.25, -0.2) is 13.2 Å². The van der Waals surface area contributed by atoms with Gasteiger partial charge < -0.3 is 9.30 Å². The van der Waals surface area contributed by atoms with Crippen LogP contribution >= 0.6 is 0 Å². The third-order valence-corrected chi connectivity index (χ3v) is 7.16. The van der Waals surface area contributed by atoms with Gasteiger partial charge in [0.25, 0.3) is 0 Å². The fourth-order valence-corrected chi connectivity index (χ4v) is 5.70. The summed E-state index contributed by atoms with van der Waals surface area (Å²) >= 11 is 0. The zero-order valence-corrected chi connectivity index (χ0v) is 17.9. The molecular weight excluding hydrogens is 422 g/mol. The third-order valence-electron chi connectivity index (χ3n) is 5.41. The molecule has 1 fully saturated rings. The molecule has 0 N–H and O–H groups in total. The van der Waals surface area contributed by atoms with Gasteiger partial charge in [-0.05, 0) is 48.9 Å². The first-order valence-electron chi connectivity index (χ1n) is 9.68. The molecule has 0 spiro atoms. The van der Waals surface area contributed by atoms with Crippen molar-refractivity contribution < 1.29 is 22.7 Å². The van der Waals surface area contributed by atoms with Crippen molar-refractivity contribution in [1.29, 1.82) is 0 Å². The van der Waals surface area contributed by atoms with E-state index in [-0.39, 0.29) is 28.9 Å². The number of carbonyl (C=O) groups excluding carboxylic acids is 2. The van der Waals surface area contributed by atoms with Crippen molar-refractivity contribution in [2.75, 3.05) is 18.1 Å². The highest BCUT2D eigenvalue weighted by Crippen LogP contribution is 2.29. The summed E-state index contributed by atoms with van der Waals surface area (Å²) in [6.07, 6.45) is 1.88. The van der Waals surface area contributed by atoms with E-state index in [1.807, 2.05) is 11.5 Å². The second-order valence-electron chi connectivity index (χ2n) is 7.48. The molecule has 11 heteroatoms. The molecule has 1 aliphatic rings. The van der Waals surface area contributed by atoms with E-state index >= 15 is 0 Å². The Morgan fingerprint density at radius 3 is 2.65 bits per heavy atom. The lowest BCUT2D eigenvalue weighted by Crippen LogP contribution is -2.18. The molecule has 0 radical (unpaired) electrons. The number of Topliss-reactive ketones (excluding diaryl/α,β-unsaturated/α-hetero) is 1. The van der Waals surface area contributed by atoms with Crippen LogP contribution < -0.4 is 0 Å². The lowest BCUT2D eigenvalue weighted by atomic mass is 10.1. The van der Waals surface area contributed by atoms with Crippen LogP contribution in [0.1, 0.15) is 44.6 Å². The number of esters is 1. The predicted molar refractivity (Wildman–Crippen MR) is 110 cm³/mol. The topological polar surface area (TPSA) is 126 Å². The molecule has 10 nitrogen and oxygen atoms in total. The normalized spacial score (nSPS) is 17.5. The first-order valence-corrected chi connectivity index (χ1v) is 11.5. The number of nitrogens with zero attached hydrogens (tertiary/aromatic N) is 5. The van der Waals surface area contributed by atoms with E-state index in [9.17, 15) is 18.0 Å². The first kappa shape index (κ1) is 20.9. The maximum absolute atomic E-state index is 12.8. The number of hydrogen-bond donors (Lipinski definition) is 0. The number of benzene rings is 1. The van der Waals surface area contributed by atoms with Crippen molar-refractivity contribution in [3.05, 3.63) is 59.2 Å². The third kappa shape index (κ3) is 4.13. The fraction of sp³-hybridized carbons (Fsp3) is 0.350. The molecule has 1 saturated heterocycles. The van der Waals surface area contributed by atoms with Crippen molar-refractivity contribution in [1.82, 2.24) is 24.8 Å². The van der Waals surface area contributed by atoms with E-state index in [0.29, 0.717) is 23.4 Å². The number of tetrazole rings is 1. The van der Waals surface area contributed by atoms with Gasteiger partial charge in [-0.1, -0.05) is 12.1 Å². The average Bonchev–Trinajstić information content (AvgIpc) is 3.45. The Kier molecular flexibility index (Phi) is 5.44. The summed E-state index contributed by atoms with van der Waals surface area (Å²) in [5.41, 5.74) is 2.56. The molecule has 0 saturated carbocycles. The molecular formula is C20H21N5O5S. The molecule has 1 atom stereocenters. The lowest BCUT2D eigenvalue weighted by Gasteiger charge is -2.16. The maximum Gasteiger partial charge on any atom is 0.340 e. The number of hydrogen-bond acceptors (Lipinski definition) is 8. The lowest BCUT2D eigenvalue weighted by molar-refractivity contribution is 0.0474. The van der Waals surface area contributed by atoms with Gasteiger partial charge in [0, 0.05) is 23.0 Å². The van der Waals surface area contributed by atoms with E-state index < -0.39 is 22.4 Å². The molecule has 1 unspecified atom stereocenters. The number of aryl methyl sites for hydroxylation is 1. The zero-order chi connectivity index (χ0) is 22.2. The van der Waals surface area contributed by atoms with Crippen molar-refractivity contribution in [3.63, 3.8) is 0 Å². The van der Waals surface area contributed by atoms with Gasteiger partial charge in [0.2, 0.25) is 5.78 Å². The summed E-state index contributed by atoms with van der Waals surface area (Å²) in [4.78, 5) is 25.4. The summed E-state index contributed by atoms with van der Waals surface area (Å²) in [7, 11) is -3.05. The minimum Gasteiger partial charge on any atom is -0.454 e. The van der Waals surface area contributed by atoms with Crippen LogP contribution in [-0.2, 0) is 14.6 Å². The van der Waals surface area contributed by atoms with Gasteiger partial charge in [0.1, 0.15) is 6.33 Å². The van der Waals surface area contributed by atoms with E-state index in [0.717, 1.165) is 5.69 Å². The van der Waals surface area contributed by atoms with Crippen LogP contribution in [0.2, 0.25) is 0 Å².